The van der Waals surface area contributed by atoms with Gasteiger partial charge in [0.2, 0.25) is 0 Å². The van der Waals surface area contributed by atoms with E-state index < -0.39 is 0 Å². The van der Waals surface area contributed by atoms with Gasteiger partial charge in [-0.25, -0.2) is 0 Å². The Morgan fingerprint density at radius 1 is 1.38 bits per heavy atom. The summed E-state index contributed by atoms with van der Waals surface area (Å²) in [6, 6.07) is 0. The molecule has 1 N–H and O–H groups in total. The summed E-state index contributed by atoms with van der Waals surface area (Å²) < 4.78 is 0. The van der Waals surface area contributed by atoms with Gasteiger partial charge in [0, 0.05) is 5.41 Å². The van der Waals surface area contributed by atoms with Crippen LogP contribution < -0.4 is 0 Å². The second-order valence-electron chi connectivity index (χ2n) is 6.71. The third kappa shape index (κ3) is 0.895. The first-order chi connectivity index (χ1) is 7.47. The van der Waals surface area contributed by atoms with Crippen LogP contribution in [0.25, 0.3) is 0 Å². The van der Waals surface area contributed by atoms with Crippen molar-refractivity contribution in [2.75, 3.05) is 0 Å². The number of aliphatic hydroxyl groups is 1. The van der Waals surface area contributed by atoms with Crippen LogP contribution in [-0.2, 0) is 0 Å². The van der Waals surface area contributed by atoms with Crippen molar-refractivity contribution in [2.45, 2.75) is 53.1 Å². The first kappa shape index (κ1) is 10.8. The Labute approximate surface area is 98.9 Å². The van der Waals surface area contributed by atoms with Gasteiger partial charge in [0.15, 0.2) is 0 Å². The van der Waals surface area contributed by atoms with E-state index in [1.807, 2.05) is 0 Å². The van der Waals surface area contributed by atoms with Crippen molar-refractivity contribution in [2.24, 2.45) is 28.6 Å². The highest BCUT2D eigenvalue weighted by molar-refractivity contribution is 5.33. The van der Waals surface area contributed by atoms with Gasteiger partial charge in [0.25, 0.3) is 0 Å². The van der Waals surface area contributed by atoms with Crippen molar-refractivity contribution in [1.29, 1.82) is 0 Å². The lowest BCUT2D eigenvalue weighted by molar-refractivity contribution is 0.00497. The molecule has 1 nitrogen and oxygen atoms in total. The molecule has 4 atom stereocenters. The summed E-state index contributed by atoms with van der Waals surface area (Å²) in [5, 5.41) is 10.7. The second kappa shape index (κ2) is 2.93. The predicted octanol–water partition coefficient (Wildman–Crippen LogP) is 3.39. The summed E-state index contributed by atoms with van der Waals surface area (Å²) in [5.74, 6) is 2.65. The van der Waals surface area contributed by atoms with Crippen molar-refractivity contribution in [1.82, 2.24) is 0 Å². The van der Waals surface area contributed by atoms with E-state index in [1.54, 1.807) is 0 Å². The zero-order valence-electron chi connectivity index (χ0n) is 11.0. The number of hydrogen-bond acceptors (Lipinski definition) is 1. The summed E-state index contributed by atoms with van der Waals surface area (Å²) in [4.78, 5) is 0. The van der Waals surface area contributed by atoms with Crippen molar-refractivity contribution < 1.29 is 5.11 Å². The minimum absolute atomic E-state index is 0.165. The largest absolute Gasteiger partial charge is 0.388 e. The molecule has 4 rings (SSSR count). The molecule has 4 saturated carbocycles. The van der Waals surface area contributed by atoms with Crippen LogP contribution in [0.3, 0.4) is 0 Å². The zero-order chi connectivity index (χ0) is 11.7. The molecule has 4 aliphatic rings. The summed E-state index contributed by atoms with van der Waals surface area (Å²) in [5.41, 5.74) is 1.82. The van der Waals surface area contributed by atoms with Crippen LogP contribution in [0.4, 0.5) is 0 Å². The van der Waals surface area contributed by atoms with Gasteiger partial charge in [-0.15, -0.1) is 0 Å². The Morgan fingerprint density at radius 2 is 1.94 bits per heavy atom. The molecule has 0 saturated heterocycles. The van der Waals surface area contributed by atoms with E-state index in [2.05, 4.69) is 33.8 Å². The van der Waals surface area contributed by atoms with Gasteiger partial charge in [-0.2, -0.15) is 0 Å². The molecule has 0 heterocycles. The van der Waals surface area contributed by atoms with E-state index in [0.717, 1.165) is 24.2 Å². The standard InChI is InChI=1S/C15H24O/c1-5-6-9(2)13(16)14(3)10-7-11-12(8-10)15(11,14)4/h6,10-13,16H,5,7-8H2,1-4H3/t10?,11?,12?,13-,14?,15?/m0/s1. The number of rotatable bonds is 3. The Kier molecular flexibility index (Phi) is 1.98. The highest BCUT2D eigenvalue weighted by Crippen LogP contribution is 2.87. The Morgan fingerprint density at radius 3 is 2.31 bits per heavy atom. The van der Waals surface area contributed by atoms with E-state index in [-0.39, 0.29) is 11.5 Å². The fourth-order valence-electron chi connectivity index (χ4n) is 5.38. The quantitative estimate of drug-likeness (QED) is 0.723. The van der Waals surface area contributed by atoms with Crippen LogP contribution in [0, 0.1) is 28.6 Å². The predicted molar refractivity (Wildman–Crippen MR) is 66.0 cm³/mol. The van der Waals surface area contributed by atoms with Gasteiger partial charge in [0.1, 0.15) is 0 Å². The number of aliphatic hydroxyl groups excluding tert-OH is 1. The van der Waals surface area contributed by atoms with E-state index in [0.29, 0.717) is 5.41 Å². The molecular formula is C15H24O. The van der Waals surface area contributed by atoms with Gasteiger partial charge < -0.3 is 5.11 Å². The molecule has 0 aromatic rings. The lowest BCUT2D eigenvalue weighted by Gasteiger charge is -2.39. The highest BCUT2D eigenvalue weighted by Gasteiger charge is 2.82. The number of hydrogen-bond donors (Lipinski definition) is 1. The van der Waals surface area contributed by atoms with E-state index in [4.69, 9.17) is 0 Å². The summed E-state index contributed by atoms with van der Waals surface area (Å²) >= 11 is 0. The maximum absolute atomic E-state index is 10.7. The Hall–Kier alpha value is -0.300. The van der Waals surface area contributed by atoms with Crippen molar-refractivity contribution >= 4 is 0 Å². The van der Waals surface area contributed by atoms with Crippen LogP contribution in [0.1, 0.15) is 47.0 Å². The molecule has 0 radical (unpaired) electrons. The number of allylic oxidation sites excluding steroid dienone is 1. The molecule has 16 heavy (non-hydrogen) atoms. The normalized spacial score (nSPS) is 55.6. The Balaban J connectivity index is 1.93. The zero-order valence-corrected chi connectivity index (χ0v) is 11.0. The summed E-state index contributed by atoms with van der Waals surface area (Å²) in [6.45, 7) is 9.03. The molecule has 90 valence electrons. The highest BCUT2D eigenvalue weighted by atomic mass is 16.3. The van der Waals surface area contributed by atoms with Crippen LogP contribution in [0.5, 0.6) is 0 Å². The lowest BCUT2D eigenvalue weighted by Crippen LogP contribution is -2.40. The third-order valence-corrected chi connectivity index (χ3v) is 6.53. The van der Waals surface area contributed by atoms with Gasteiger partial charge in [-0.05, 0) is 54.9 Å². The van der Waals surface area contributed by atoms with Crippen LogP contribution in [0.15, 0.2) is 11.6 Å². The minimum atomic E-state index is -0.208. The van der Waals surface area contributed by atoms with Gasteiger partial charge in [-0.1, -0.05) is 26.8 Å². The van der Waals surface area contributed by atoms with Crippen molar-refractivity contribution in [3.8, 4) is 0 Å². The van der Waals surface area contributed by atoms with Gasteiger partial charge >= 0.3 is 0 Å². The molecule has 0 aromatic heterocycles. The van der Waals surface area contributed by atoms with Crippen LogP contribution >= 0.6 is 0 Å². The molecule has 4 fully saturated rings. The maximum atomic E-state index is 10.7. The lowest BCUT2D eigenvalue weighted by atomic mass is 9.68. The van der Waals surface area contributed by atoms with Crippen molar-refractivity contribution in [3.63, 3.8) is 0 Å². The minimum Gasteiger partial charge on any atom is -0.388 e. The molecule has 0 aromatic carbocycles. The van der Waals surface area contributed by atoms with E-state index in [9.17, 15) is 5.11 Å². The fourth-order valence-corrected chi connectivity index (χ4v) is 5.38. The SMILES string of the molecule is CCC=C(C)[C@H](O)C1(C)C2CC3C(C2)C31C. The topological polar surface area (TPSA) is 20.2 Å². The van der Waals surface area contributed by atoms with Gasteiger partial charge in [0.05, 0.1) is 6.10 Å². The monoisotopic (exact) mass is 220 g/mol. The fraction of sp³-hybridized carbons (Fsp3) is 0.867. The summed E-state index contributed by atoms with van der Waals surface area (Å²) in [6.07, 6.45) is 5.79. The maximum Gasteiger partial charge on any atom is 0.0809 e. The molecule has 3 unspecified atom stereocenters. The average Bonchev–Trinajstić information content (AvgIpc) is 2.61. The molecule has 0 amide bonds. The van der Waals surface area contributed by atoms with Crippen LogP contribution in [0.2, 0.25) is 0 Å². The van der Waals surface area contributed by atoms with Gasteiger partial charge in [-0.3, -0.25) is 0 Å². The van der Waals surface area contributed by atoms with E-state index in [1.165, 1.54) is 18.4 Å². The molecule has 0 spiro atoms. The summed E-state index contributed by atoms with van der Waals surface area (Å²) in [7, 11) is 0. The Bertz CT molecular complexity index is 344. The van der Waals surface area contributed by atoms with Crippen LogP contribution in [-0.4, -0.2) is 11.2 Å². The average molecular weight is 220 g/mol. The second-order valence-corrected chi connectivity index (χ2v) is 6.71. The van der Waals surface area contributed by atoms with E-state index >= 15 is 0 Å². The molecular weight excluding hydrogens is 196 g/mol. The smallest absolute Gasteiger partial charge is 0.0809 e. The molecule has 4 bridgehead atoms. The third-order valence-electron chi connectivity index (χ3n) is 6.53. The molecule has 0 aliphatic heterocycles. The molecule has 1 heteroatoms. The molecule has 4 aliphatic carbocycles. The first-order valence-corrected chi connectivity index (χ1v) is 6.82. The van der Waals surface area contributed by atoms with Crippen molar-refractivity contribution in [3.05, 3.63) is 11.6 Å². The first-order valence-electron chi connectivity index (χ1n) is 6.82.